The number of rotatable bonds is 6. The number of pyridine rings is 1. The van der Waals surface area contributed by atoms with Crippen LogP contribution in [0, 0.1) is 0 Å². The molecule has 0 radical (unpaired) electrons. The molecule has 2 aliphatic carbocycles. The van der Waals surface area contributed by atoms with Crippen LogP contribution in [-0.2, 0) is 9.47 Å². The molecule has 2 N–H and O–H groups in total. The summed E-state index contributed by atoms with van der Waals surface area (Å²) in [4.78, 5) is 29.2. The largest absolute Gasteiger partial charge is 0.381 e. The monoisotopic (exact) mass is 389 g/mol. The molecule has 0 atom stereocenters. The van der Waals surface area contributed by atoms with Gasteiger partial charge in [0.2, 0.25) is 0 Å². The van der Waals surface area contributed by atoms with Gasteiger partial charge in [-0.1, -0.05) is 0 Å². The molecule has 7 heteroatoms. The summed E-state index contributed by atoms with van der Waals surface area (Å²) in [6.45, 7) is 0. The number of hydrogen-bond acceptors (Lipinski definition) is 5. The fourth-order valence-electron chi connectivity index (χ4n) is 4.11. The summed E-state index contributed by atoms with van der Waals surface area (Å²) in [5, 5.41) is 6.12. The summed E-state index contributed by atoms with van der Waals surface area (Å²) in [7, 11) is 3.46. The van der Waals surface area contributed by atoms with Gasteiger partial charge < -0.3 is 20.1 Å². The second-order valence-corrected chi connectivity index (χ2v) is 7.83. The van der Waals surface area contributed by atoms with Crippen molar-refractivity contribution in [2.24, 2.45) is 0 Å². The van der Waals surface area contributed by atoms with Gasteiger partial charge >= 0.3 is 0 Å². The first-order valence-electron chi connectivity index (χ1n) is 10.2. The van der Waals surface area contributed by atoms with Crippen LogP contribution >= 0.6 is 0 Å². The van der Waals surface area contributed by atoms with Gasteiger partial charge in [-0.05, 0) is 57.4 Å². The first kappa shape index (κ1) is 20.7. The second kappa shape index (κ2) is 9.98. The van der Waals surface area contributed by atoms with Gasteiger partial charge in [0.1, 0.15) is 0 Å². The molecule has 1 aromatic heterocycles. The van der Waals surface area contributed by atoms with Gasteiger partial charge in [-0.2, -0.15) is 0 Å². The molecule has 2 amide bonds. The molecule has 0 bridgehead atoms. The Morgan fingerprint density at radius 2 is 1.18 bits per heavy atom. The van der Waals surface area contributed by atoms with Gasteiger partial charge in [0.25, 0.3) is 11.8 Å². The normalized spacial score (nSPS) is 27.8. The third-order valence-corrected chi connectivity index (χ3v) is 5.95. The highest BCUT2D eigenvalue weighted by Gasteiger charge is 2.24. The first-order chi connectivity index (χ1) is 13.6. The van der Waals surface area contributed by atoms with E-state index >= 15 is 0 Å². The van der Waals surface area contributed by atoms with Crippen LogP contribution in [0.3, 0.4) is 0 Å². The van der Waals surface area contributed by atoms with E-state index in [9.17, 15) is 9.59 Å². The quantitative estimate of drug-likeness (QED) is 0.780. The van der Waals surface area contributed by atoms with Gasteiger partial charge in [-0.3, -0.25) is 14.6 Å². The Kier molecular flexibility index (Phi) is 7.39. The zero-order valence-electron chi connectivity index (χ0n) is 16.8. The number of hydrogen-bond donors (Lipinski definition) is 2. The van der Waals surface area contributed by atoms with Crippen molar-refractivity contribution >= 4 is 11.8 Å². The maximum Gasteiger partial charge on any atom is 0.253 e. The number of amides is 2. The first-order valence-corrected chi connectivity index (χ1v) is 10.2. The van der Waals surface area contributed by atoms with E-state index in [-0.39, 0.29) is 23.9 Å². The topological polar surface area (TPSA) is 89.5 Å². The lowest BCUT2D eigenvalue weighted by Crippen LogP contribution is -2.40. The van der Waals surface area contributed by atoms with Gasteiger partial charge in [0.05, 0.1) is 23.3 Å². The van der Waals surface area contributed by atoms with E-state index in [1.807, 2.05) is 0 Å². The standard InChI is InChI=1S/C21H31N3O4/c1-27-18-7-3-16(4-8-18)23-20(25)14-11-15(13-22-12-14)21(26)24-17-5-9-19(28-2)10-6-17/h11-13,16-19H,3-10H2,1-2H3,(H,23,25)(H,24,26). The summed E-state index contributed by atoms with van der Waals surface area (Å²) in [6, 6.07) is 1.92. The fourth-order valence-corrected chi connectivity index (χ4v) is 4.11. The summed E-state index contributed by atoms with van der Waals surface area (Å²) in [5.41, 5.74) is 0.842. The van der Waals surface area contributed by atoms with E-state index in [4.69, 9.17) is 9.47 Å². The van der Waals surface area contributed by atoms with Crippen molar-refractivity contribution in [2.75, 3.05) is 14.2 Å². The Morgan fingerprint density at radius 1 is 0.786 bits per heavy atom. The molecule has 7 nitrogen and oxygen atoms in total. The molecule has 0 spiro atoms. The lowest BCUT2D eigenvalue weighted by atomic mass is 9.92. The Bertz CT molecular complexity index is 612. The number of ether oxygens (including phenoxy) is 2. The third-order valence-electron chi connectivity index (χ3n) is 5.95. The van der Waals surface area contributed by atoms with Crippen molar-refractivity contribution < 1.29 is 19.1 Å². The minimum atomic E-state index is -0.177. The van der Waals surface area contributed by atoms with E-state index in [1.165, 1.54) is 12.4 Å². The lowest BCUT2D eigenvalue weighted by molar-refractivity contribution is 0.0598. The van der Waals surface area contributed by atoms with E-state index in [2.05, 4.69) is 15.6 Å². The molecule has 0 saturated heterocycles. The smallest absolute Gasteiger partial charge is 0.253 e. The Labute approximate surface area is 166 Å². The SMILES string of the molecule is COC1CCC(NC(=O)c2cncc(C(=O)NC3CCC(OC)CC3)c2)CC1. The Balaban J connectivity index is 1.53. The average molecular weight is 389 g/mol. The average Bonchev–Trinajstić information content (AvgIpc) is 2.75. The van der Waals surface area contributed by atoms with E-state index in [0.717, 1.165) is 51.4 Å². The molecule has 154 valence electrons. The minimum absolute atomic E-state index is 0.146. The van der Waals surface area contributed by atoms with Crippen LogP contribution < -0.4 is 10.6 Å². The Hall–Kier alpha value is -1.99. The molecule has 1 heterocycles. The minimum Gasteiger partial charge on any atom is -0.381 e. The summed E-state index contributed by atoms with van der Waals surface area (Å²) >= 11 is 0. The Morgan fingerprint density at radius 3 is 1.54 bits per heavy atom. The highest BCUT2D eigenvalue weighted by atomic mass is 16.5. The molecule has 28 heavy (non-hydrogen) atoms. The number of carbonyl (C=O) groups excluding carboxylic acids is 2. The number of carbonyl (C=O) groups is 2. The van der Waals surface area contributed by atoms with Crippen LogP contribution in [0.25, 0.3) is 0 Å². The third kappa shape index (κ3) is 5.52. The molecule has 2 fully saturated rings. The fraction of sp³-hybridized carbons (Fsp3) is 0.667. The highest BCUT2D eigenvalue weighted by molar-refractivity contribution is 5.99. The van der Waals surface area contributed by atoms with Crippen molar-refractivity contribution in [1.82, 2.24) is 15.6 Å². The van der Waals surface area contributed by atoms with Crippen molar-refractivity contribution in [1.29, 1.82) is 0 Å². The molecule has 3 rings (SSSR count). The summed E-state index contributed by atoms with van der Waals surface area (Å²) in [5.74, 6) is -0.354. The molecule has 1 aromatic rings. The van der Waals surface area contributed by atoms with Crippen LogP contribution in [0.4, 0.5) is 0 Å². The zero-order chi connectivity index (χ0) is 19.9. The highest BCUT2D eigenvalue weighted by Crippen LogP contribution is 2.22. The predicted molar refractivity (Wildman–Crippen MR) is 105 cm³/mol. The maximum absolute atomic E-state index is 12.6. The van der Waals surface area contributed by atoms with Crippen LogP contribution in [0.1, 0.15) is 72.1 Å². The van der Waals surface area contributed by atoms with E-state index in [1.54, 1.807) is 20.3 Å². The van der Waals surface area contributed by atoms with Crippen LogP contribution in [-0.4, -0.2) is 55.3 Å². The molecular weight excluding hydrogens is 358 g/mol. The number of aromatic nitrogens is 1. The zero-order valence-corrected chi connectivity index (χ0v) is 16.8. The van der Waals surface area contributed by atoms with E-state index < -0.39 is 0 Å². The molecule has 2 aliphatic rings. The van der Waals surface area contributed by atoms with Crippen LogP contribution in [0.2, 0.25) is 0 Å². The summed E-state index contributed by atoms with van der Waals surface area (Å²) in [6.07, 6.45) is 11.0. The number of nitrogens with one attached hydrogen (secondary N) is 2. The molecule has 0 aromatic carbocycles. The summed E-state index contributed by atoms with van der Waals surface area (Å²) < 4.78 is 10.7. The second-order valence-electron chi connectivity index (χ2n) is 7.83. The van der Waals surface area contributed by atoms with E-state index in [0.29, 0.717) is 23.3 Å². The van der Waals surface area contributed by atoms with Crippen molar-refractivity contribution in [2.45, 2.75) is 75.7 Å². The molecule has 0 aliphatic heterocycles. The maximum atomic E-state index is 12.6. The van der Waals surface area contributed by atoms with Crippen molar-refractivity contribution in [3.05, 3.63) is 29.6 Å². The van der Waals surface area contributed by atoms with Crippen LogP contribution in [0.5, 0.6) is 0 Å². The predicted octanol–water partition coefficient (Wildman–Crippen LogP) is 2.46. The van der Waals surface area contributed by atoms with Gasteiger partial charge in [-0.25, -0.2) is 0 Å². The molecular formula is C21H31N3O4. The van der Waals surface area contributed by atoms with Gasteiger partial charge in [0.15, 0.2) is 0 Å². The molecule has 0 unspecified atom stereocenters. The number of nitrogens with zero attached hydrogens (tertiary/aromatic N) is 1. The van der Waals surface area contributed by atoms with Crippen molar-refractivity contribution in [3.63, 3.8) is 0 Å². The van der Waals surface area contributed by atoms with Crippen LogP contribution in [0.15, 0.2) is 18.5 Å². The number of methoxy groups -OCH3 is 2. The lowest BCUT2D eigenvalue weighted by Gasteiger charge is -2.28. The van der Waals surface area contributed by atoms with Gasteiger partial charge in [0, 0.05) is 38.7 Å². The molecule has 2 saturated carbocycles. The van der Waals surface area contributed by atoms with Crippen molar-refractivity contribution in [3.8, 4) is 0 Å². The van der Waals surface area contributed by atoms with Gasteiger partial charge in [-0.15, -0.1) is 0 Å².